The number of rotatable bonds is 3. The molecule has 0 aliphatic heterocycles. The summed E-state index contributed by atoms with van der Waals surface area (Å²) in [5, 5.41) is 1.70. The number of benzene rings is 2. The standard InChI is InChI=1S/C20H14F2N2O2S/c1-12-6-7-14(10-16(12)22)24-19(25)18-17(8-9-27-18)23(20(24)26)11-13-4-2-3-5-15(13)21/h2-10H,11H2,1H3. The predicted octanol–water partition coefficient (Wildman–Crippen LogP) is 3.85. The van der Waals surface area contributed by atoms with Gasteiger partial charge in [-0.15, -0.1) is 11.3 Å². The number of halogens is 2. The molecule has 0 amide bonds. The molecule has 0 spiro atoms. The zero-order valence-corrected chi connectivity index (χ0v) is 15.1. The molecule has 0 aliphatic rings. The van der Waals surface area contributed by atoms with Crippen LogP contribution < -0.4 is 11.2 Å². The van der Waals surface area contributed by atoms with E-state index in [9.17, 15) is 18.4 Å². The van der Waals surface area contributed by atoms with E-state index < -0.39 is 22.9 Å². The summed E-state index contributed by atoms with van der Waals surface area (Å²) in [6.07, 6.45) is 0. The molecule has 0 fully saturated rings. The van der Waals surface area contributed by atoms with E-state index in [1.54, 1.807) is 36.6 Å². The predicted molar refractivity (Wildman–Crippen MR) is 102 cm³/mol. The second-order valence-corrected chi connectivity index (χ2v) is 7.09. The van der Waals surface area contributed by atoms with Crippen LogP contribution in [0.2, 0.25) is 0 Å². The lowest BCUT2D eigenvalue weighted by molar-refractivity contribution is 0.593. The van der Waals surface area contributed by atoms with Gasteiger partial charge in [-0.3, -0.25) is 9.36 Å². The van der Waals surface area contributed by atoms with Crippen molar-refractivity contribution in [2.24, 2.45) is 0 Å². The smallest absolute Gasteiger partial charge is 0.287 e. The maximum atomic E-state index is 14.1. The Morgan fingerprint density at radius 1 is 1.00 bits per heavy atom. The van der Waals surface area contributed by atoms with Gasteiger partial charge in [-0.1, -0.05) is 24.3 Å². The highest BCUT2D eigenvalue weighted by Gasteiger charge is 2.17. The fourth-order valence-corrected chi connectivity index (χ4v) is 3.81. The average Bonchev–Trinajstić information content (AvgIpc) is 3.13. The SMILES string of the molecule is Cc1ccc(-n2c(=O)c3sccc3n(Cc3ccccc3F)c2=O)cc1F. The normalized spacial score (nSPS) is 11.2. The summed E-state index contributed by atoms with van der Waals surface area (Å²) in [6, 6.07) is 12.0. The largest absolute Gasteiger partial charge is 0.336 e. The molecule has 7 heteroatoms. The van der Waals surface area contributed by atoms with Crippen LogP contribution in [0.3, 0.4) is 0 Å². The fourth-order valence-electron chi connectivity index (χ4n) is 2.99. The molecule has 27 heavy (non-hydrogen) atoms. The third-order valence-electron chi connectivity index (χ3n) is 4.45. The lowest BCUT2D eigenvalue weighted by atomic mass is 10.2. The van der Waals surface area contributed by atoms with Gasteiger partial charge in [0.1, 0.15) is 16.3 Å². The number of hydrogen-bond donors (Lipinski definition) is 0. The molecule has 0 unspecified atom stereocenters. The molecule has 0 aliphatic carbocycles. The first-order valence-corrected chi connectivity index (χ1v) is 9.08. The Morgan fingerprint density at radius 3 is 2.52 bits per heavy atom. The Balaban J connectivity index is 2.01. The number of nitrogens with zero attached hydrogens (tertiary/aromatic N) is 2. The van der Waals surface area contributed by atoms with Gasteiger partial charge in [0, 0.05) is 5.56 Å². The summed E-state index contributed by atoms with van der Waals surface area (Å²) in [4.78, 5) is 25.9. The lowest BCUT2D eigenvalue weighted by Crippen LogP contribution is -2.38. The van der Waals surface area contributed by atoms with Gasteiger partial charge in [-0.05, 0) is 42.1 Å². The van der Waals surface area contributed by atoms with E-state index in [4.69, 9.17) is 0 Å². The van der Waals surface area contributed by atoms with E-state index in [1.165, 1.54) is 34.1 Å². The maximum absolute atomic E-state index is 14.1. The first-order valence-electron chi connectivity index (χ1n) is 8.20. The van der Waals surface area contributed by atoms with Crippen LogP contribution in [0.4, 0.5) is 8.78 Å². The van der Waals surface area contributed by atoms with Crippen LogP contribution in [0.1, 0.15) is 11.1 Å². The first-order chi connectivity index (χ1) is 13.0. The van der Waals surface area contributed by atoms with E-state index >= 15 is 0 Å². The zero-order valence-electron chi connectivity index (χ0n) is 14.3. The summed E-state index contributed by atoms with van der Waals surface area (Å²) in [7, 11) is 0. The van der Waals surface area contributed by atoms with Crippen molar-refractivity contribution in [1.29, 1.82) is 0 Å². The molecule has 136 valence electrons. The molecule has 0 saturated heterocycles. The highest BCUT2D eigenvalue weighted by atomic mass is 32.1. The van der Waals surface area contributed by atoms with Gasteiger partial charge in [-0.2, -0.15) is 0 Å². The molecule has 0 bridgehead atoms. The van der Waals surface area contributed by atoms with Crippen LogP contribution in [0.15, 0.2) is 63.5 Å². The number of aryl methyl sites for hydroxylation is 1. The summed E-state index contributed by atoms with van der Waals surface area (Å²) in [5.41, 5.74) is 0.159. The van der Waals surface area contributed by atoms with Gasteiger partial charge in [0.05, 0.1) is 17.7 Å². The van der Waals surface area contributed by atoms with Gasteiger partial charge >= 0.3 is 5.69 Å². The molecule has 0 atom stereocenters. The average molecular weight is 384 g/mol. The van der Waals surface area contributed by atoms with E-state index in [1.807, 2.05) is 0 Å². The van der Waals surface area contributed by atoms with Crippen molar-refractivity contribution in [2.45, 2.75) is 13.5 Å². The van der Waals surface area contributed by atoms with Gasteiger partial charge in [0.25, 0.3) is 5.56 Å². The van der Waals surface area contributed by atoms with E-state index in [0.717, 1.165) is 10.6 Å². The minimum atomic E-state index is -0.641. The third kappa shape index (κ3) is 2.90. The number of hydrogen-bond acceptors (Lipinski definition) is 3. The Kier molecular flexibility index (Phi) is 4.24. The number of aromatic nitrogens is 2. The molecule has 2 heterocycles. The molecule has 2 aromatic carbocycles. The molecular formula is C20H14F2N2O2S. The third-order valence-corrected chi connectivity index (χ3v) is 5.35. The molecule has 2 aromatic heterocycles. The van der Waals surface area contributed by atoms with Crippen molar-refractivity contribution in [1.82, 2.24) is 9.13 Å². The minimum absolute atomic E-state index is 0.0344. The van der Waals surface area contributed by atoms with E-state index in [0.29, 0.717) is 21.3 Å². The van der Waals surface area contributed by atoms with Crippen LogP contribution in [-0.4, -0.2) is 9.13 Å². The van der Waals surface area contributed by atoms with Gasteiger partial charge in [0.15, 0.2) is 0 Å². The van der Waals surface area contributed by atoms with Gasteiger partial charge < -0.3 is 0 Å². The summed E-state index contributed by atoms with van der Waals surface area (Å²) < 4.78 is 30.7. The minimum Gasteiger partial charge on any atom is -0.287 e. The Labute approximate surface area is 156 Å². The van der Waals surface area contributed by atoms with Crippen LogP contribution >= 0.6 is 11.3 Å². The highest BCUT2D eigenvalue weighted by molar-refractivity contribution is 7.17. The summed E-state index contributed by atoms with van der Waals surface area (Å²) >= 11 is 1.19. The van der Waals surface area contributed by atoms with Gasteiger partial charge in [-0.25, -0.2) is 18.1 Å². The van der Waals surface area contributed by atoms with Crippen molar-refractivity contribution >= 4 is 21.6 Å². The number of thiophene rings is 1. The van der Waals surface area contributed by atoms with Crippen molar-refractivity contribution in [2.75, 3.05) is 0 Å². The van der Waals surface area contributed by atoms with Crippen LogP contribution in [0, 0.1) is 18.6 Å². The van der Waals surface area contributed by atoms with Crippen LogP contribution in [0.25, 0.3) is 15.9 Å². The molecule has 4 aromatic rings. The zero-order chi connectivity index (χ0) is 19.1. The molecule has 4 rings (SSSR count). The maximum Gasteiger partial charge on any atom is 0.336 e. The monoisotopic (exact) mass is 384 g/mol. The van der Waals surface area contributed by atoms with Crippen LogP contribution in [-0.2, 0) is 6.54 Å². The number of fused-ring (bicyclic) bond motifs is 1. The Bertz CT molecular complexity index is 1290. The van der Waals surface area contributed by atoms with E-state index in [-0.39, 0.29) is 12.2 Å². The highest BCUT2D eigenvalue weighted by Crippen LogP contribution is 2.19. The van der Waals surface area contributed by atoms with Crippen molar-refractivity contribution in [3.8, 4) is 5.69 Å². The van der Waals surface area contributed by atoms with Crippen molar-refractivity contribution in [3.05, 3.63) is 97.5 Å². The molecule has 0 radical (unpaired) electrons. The van der Waals surface area contributed by atoms with Crippen molar-refractivity contribution in [3.63, 3.8) is 0 Å². The second-order valence-electron chi connectivity index (χ2n) is 6.17. The molecule has 4 nitrogen and oxygen atoms in total. The molecule has 0 saturated carbocycles. The summed E-state index contributed by atoms with van der Waals surface area (Å²) in [5.74, 6) is -0.947. The topological polar surface area (TPSA) is 44.0 Å². The first kappa shape index (κ1) is 17.4. The van der Waals surface area contributed by atoms with Gasteiger partial charge in [0.2, 0.25) is 0 Å². The summed E-state index contributed by atoms with van der Waals surface area (Å²) in [6.45, 7) is 1.56. The Hall–Kier alpha value is -3.06. The van der Waals surface area contributed by atoms with E-state index in [2.05, 4.69) is 0 Å². The second kappa shape index (κ2) is 6.59. The van der Waals surface area contributed by atoms with Crippen LogP contribution in [0.5, 0.6) is 0 Å². The lowest BCUT2D eigenvalue weighted by Gasteiger charge is -2.13. The molecule has 0 N–H and O–H groups in total. The van der Waals surface area contributed by atoms with Crippen molar-refractivity contribution < 1.29 is 8.78 Å². The molecular weight excluding hydrogens is 370 g/mol. The fraction of sp³-hybridized carbons (Fsp3) is 0.100. The Morgan fingerprint density at radius 2 is 1.78 bits per heavy atom. The quantitative estimate of drug-likeness (QED) is 0.539.